The zero-order valence-electron chi connectivity index (χ0n) is 13.4. The molecule has 124 valence electrons. The monoisotopic (exact) mass is 334 g/mol. The molecule has 6 heteroatoms. The molecule has 0 amide bonds. The molecule has 0 aliphatic heterocycles. The summed E-state index contributed by atoms with van der Waals surface area (Å²) in [5.74, 6) is 0.475. The highest BCUT2D eigenvalue weighted by molar-refractivity contribution is 6.42. The van der Waals surface area contributed by atoms with Gasteiger partial charge in [-0.25, -0.2) is 9.97 Å². The molecule has 0 radical (unpaired) electrons. The second kappa shape index (κ2) is 7.35. The fourth-order valence-corrected chi connectivity index (χ4v) is 2.03. The Labute approximate surface area is 144 Å². The molecule has 0 fully saturated rings. The van der Waals surface area contributed by atoms with Gasteiger partial charge in [-0.2, -0.15) is 0 Å². The topological polar surface area (TPSA) is 78.4 Å². The molecule has 0 atom stereocenters. The third kappa shape index (κ3) is 4.26. The molecule has 0 saturated carbocycles. The second-order valence-electron chi connectivity index (χ2n) is 5.09. The largest absolute Gasteiger partial charge is 0.439 e. The Kier molecular flexibility index (Phi) is 4.80. The number of nitrogens with zero attached hydrogens (tertiary/aromatic N) is 2. The van der Waals surface area contributed by atoms with E-state index in [1.54, 1.807) is 54.7 Å². The van der Waals surface area contributed by atoms with Crippen molar-refractivity contribution in [3.8, 4) is 23.3 Å². The Morgan fingerprint density at radius 1 is 0.840 bits per heavy atom. The third-order valence-corrected chi connectivity index (χ3v) is 3.16. The van der Waals surface area contributed by atoms with Crippen LogP contribution in [0.5, 0.6) is 23.3 Å². The number of rotatable bonds is 6. The number of ether oxygens (including phenoxy) is 2. The average molecular weight is 334 g/mol. The summed E-state index contributed by atoms with van der Waals surface area (Å²) < 4.78 is 11.3. The highest BCUT2D eigenvalue weighted by Gasteiger charge is 2.13. The number of aromatic nitrogens is 2. The van der Waals surface area contributed by atoms with Gasteiger partial charge in [-0.05, 0) is 24.3 Å². The van der Waals surface area contributed by atoms with E-state index in [9.17, 15) is 9.59 Å². The van der Waals surface area contributed by atoms with Crippen molar-refractivity contribution in [2.45, 2.75) is 6.92 Å². The van der Waals surface area contributed by atoms with E-state index in [0.29, 0.717) is 17.4 Å². The Bertz CT molecular complexity index is 910. The van der Waals surface area contributed by atoms with Crippen LogP contribution in [-0.2, 0) is 4.79 Å². The van der Waals surface area contributed by atoms with E-state index >= 15 is 0 Å². The minimum Gasteiger partial charge on any atom is -0.439 e. The smallest absolute Gasteiger partial charge is 0.246 e. The van der Waals surface area contributed by atoms with E-state index in [1.807, 2.05) is 6.07 Å². The number of hydrogen-bond acceptors (Lipinski definition) is 6. The Hall–Kier alpha value is -3.54. The molecule has 0 aliphatic rings. The van der Waals surface area contributed by atoms with E-state index in [1.165, 1.54) is 13.0 Å². The first kappa shape index (κ1) is 16.3. The lowest BCUT2D eigenvalue weighted by molar-refractivity contribution is -0.113. The summed E-state index contributed by atoms with van der Waals surface area (Å²) in [6.07, 6.45) is 1.64. The van der Waals surface area contributed by atoms with Crippen molar-refractivity contribution in [2.75, 3.05) is 0 Å². The summed E-state index contributed by atoms with van der Waals surface area (Å²) in [5.41, 5.74) is 0.0471. The van der Waals surface area contributed by atoms with Crippen LogP contribution >= 0.6 is 0 Å². The van der Waals surface area contributed by atoms with Crippen LogP contribution in [0.25, 0.3) is 0 Å². The van der Waals surface area contributed by atoms with Gasteiger partial charge < -0.3 is 9.47 Å². The molecule has 3 rings (SSSR count). The van der Waals surface area contributed by atoms with Gasteiger partial charge in [0.05, 0.1) is 0 Å². The van der Waals surface area contributed by atoms with E-state index < -0.39 is 11.6 Å². The van der Waals surface area contributed by atoms with Crippen LogP contribution in [0, 0.1) is 0 Å². The first-order chi connectivity index (χ1) is 12.1. The first-order valence-electron chi connectivity index (χ1n) is 7.51. The lowest BCUT2D eigenvalue weighted by Gasteiger charge is -2.08. The van der Waals surface area contributed by atoms with Crippen LogP contribution in [-0.4, -0.2) is 21.5 Å². The molecule has 6 nitrogen and oxygen atoms in total. The van der Waals surface area contributed by atoms with Gasteiger partial charge >= 0.3 is 0 Å². The van der Waals surface area contributed by atoms with E-state index in [-0.39, 0.29) is 11.6 Å². The molecule has 0 unspecified atom stereocenters. The van der Waals surface area contributed by atoms with Crippen LogP contribution in [0.3, 0.4) is 0 Å². The molecule has 2 aromatic heterocycles. The van der Waals surface area contributed by atoms with Gasteiger partial charge in [-0.15, -0.1) is 0 Å². The number of Topliss-reactive ketones (excluding diaryl/α,β-unsaturated/α-hetero) is 2. The van der Waals surface area contributed by atoms with Gasteiger partial charge in [0.15, 0.2) is 0 Å². The van der Waals surface area contributed by atoms with Crippen molar-refractivity contribution in [2.24, 2.45) is 0 Å². The lowest BCUT2D eigenvalue weighted by Crippen LogP contribution is -2.11. The van der Waals surface area contributed by atoms with Gasteiger partial charge in [0, 0.05) is 31.3 Å². The maximum absolute atomic E-state index is 11.7. The molecule has 0 bridgehead atoms. The van der Waals surface area contributed by atoms with Gasteiger partial charge in [-0.3, -0.25) is 9.59 Å². The van der Waals surface area contributed by atoms with Crippen molar-refractivity contribution in [3.05, 3.63) is 72.6 Å². The third-order valence-electron chi connectivity index (χ3n) is 3.16. The number of benzene rings is 1. The molecule has 1 aromatic carbocycles. The van der Waals surface area contributed by atoms with Crippen LogP contribution in [0.2, 0.25) is 0 Å². The summed E-state index contributed by atoms with van der Waals surface area (Å²) >= 11 is 0. The van der Waals surface area contributed by atoms with Gasteiger partial charge in [0.25, 0.3) is 0 Å². The molecule has 2 heterocycles. The van der Waals surface area contributed by atoms with Gasteiger partial charge in [-0.1, -0.05) is 18.2 Å². The Morgan fingerprint density at radius 2 is 1.52 bits per heavy atom. The quantitative estimate of drug-likeness (QED) is 0.503. The molecular formula is C19H14N2O4. The number of carbonyl (C=O) groups excluding carboxylic acids is 2. The standard InChI is InChI=1S/C19H14N2O4/c1-13(22)19(23)16-8-5-10-18(21-16)25-15-7-4-6-14(12-15)24-17-9-2-3-11-20-17/h2-12H,1H3. The van der Waals surface area contributed by atoms with E-state index in [0.717, 1.165) is 0 Å². The lowest BCUT2D eigenvalue weighted by atomic mass is 10.2. The number of carbonyl (C=O) groups is 2. The summed E-state index contributed by atoms with van der Waals surface area (Å²) in [7, 11) is 0. The molecule has 0 N–H and O–H groups in total. The molecule has 3 aromatic rings. The Balaban J connectivity index is 1.77. The highest BCUT2D eigenvalue weighted by atomic mass is 16.5. The van der Waals surface area contributed by atoms with Gasteiger partial charge in [0.1, 0.15) is 17.2 Å². The summed E-state index contributed by atoms with van der Waals surface area (Å²) in [5, 5.41) is 0. The first-order valence-corrected chi connectivity index (χ1v) is 7.51. The number of pyridine rings is 2. The predicted molar refractivity (Wildman–Crippen MR) is 90.1 cm³/mol. The fourth-order valence-electron chi connectivity index (χ4n) is 2.03. The van der Waals surface area contributed by atoms with Crippen LogP contribution < -0.4 is 9.47 Å². The van der Waals surface area contributed by atoms with Crippen molar-refractivity contribution in [1.29, 1.82) is 0 Å². The summed E-state index contributed by atoms with van der Waals surface area (Å²) in [6, 6.07) is 17.0. The predicted octanol–water partition coefficient (Wildman–Crippen LogP) is 3.83. The highest BCUT2D eigenvalue weighted by Crippen LogP contribution is 2.26. The molecule has 0 aliphatic carbocycles. The number of hydrogen-bond donors (Lipinski definition) is 0. The fraction of sp³-hybridized carbons (Fsp3) is 0.0526. The van der Waals surface area contributed by atoms with Crippen LogP contribution in [0.4, 0.5) is 0 Å². The molecular weight excluding hydrogens is 320 g/mol. The van der Waals surface area contributed by atoms with E-state index in [2.05, 4.69) is 9.97 Å². The second-order valence-corrected chi connectivity index (χ2v) is 5.09. The van der Waals surface area contributed by atoms with E-state index in [4.69, 9.17) is 9.47 Å². The zero-order valence-corrected chi connectivity index (χ0v) is 13.4. The summed E-state index contributed by atoms with van der Waals surface area (Å²) in [6.45, 7) is 1.20. The maximum atomic E-state index is 11.7. The average Bonchev–Trinajstić information content (AvgIpc) is 2.62. The van der Waals surface area contributed by atoms with Crippen molar-refractivity contribution >= 4 is 11.6 Å². The Morgan fingerprint density at radius 3 is 2.20 bits per heavy atom. The van der Waals surface area contributed by atoms with Crippen molar-refractivity contribution in [3.63, 3.8) is 0 Å². The zero-order chi connectivity index (χ0) is 17.6. The summed E-state index contributed by atoms with van der Waals surface area (Å²) in [4.78, 5) is 31.0. The SMILES string of the molecule is CC(=O)C(=O)c1cccc(Oc2cccc(Oc3ccccn3)c2)n1. The van der Waals surface area contributed by atoms with Crippen molar-refractivity contribution < 1.29 is 19.1 Å². The minimum atomic E-state index is -0.655. The minimum absolute atomic E-state index is 0.0471. The maximum Gasteiger partial charge on any atom is 0.246 e. The van der Waals surface area contributed by atoms with Crippen LogP contribution in [0.1, 0.15) is 17.4 Å². The molecule has 0 saturated heterocycles. The van der Waals surface area contributed by atoms with Crippen LogP contribution in [0.15, 0.2) is 66.9 Å². The normalized spacial score (nSPS) is 10.1. The van der Waals surface area contributed by atoms with Crippen molar-refractivity contribution in [1.82, 2.24) is 9.97 Å². The molecule has 0 spiro atoms. The molecule has 25 heavy (non-hydrogen) atoms. The van der Waals surface area contributed by atoms with Gasteiger partial charge in [0.2, 0.25) is 23.3 Å². The number of ketones is 2.